The molecule has 0 radical (unpaired) electrons. The van der Waals surface area contributed by atoms with E-state index in [0.717, 1.165) is 11.8 Å². The van der Waals surface area contributed by atoms with Gasteiger partial charge >= 0.3 is 0 Å². The molecule has 1 nitrogen and oxygen atoms in total. The average Bonchev–Trinajstić information content (AvgIpc) is 2.25. The molecule has 1 aliphatic heterocycles. The summed E-state index contributed by atoms with van der Waals surface area (Å²) in [7, 11) is 0. The van der Waals surface area contributed by atoms with Crippen LogP contribution in [-0.2, 0) is 4.74 Å². The van der Waals surface area contributed by atoms with Crippen molar-refractivity contribution in [1.29, 1.82) is 0 Å². The summed E-state index contributed by atoms with van der Waals surface area (Å²) in [6.45, 7) is 21.2. The zero-order valence-electron chi connectivity index (χ0n) is 14.6. The highest BCUT2D eigenvalue weighted by Crippen LogP contribution is 2.47. The summed E-state index contributed by atoms with van der Waals surface area (Å²) in [6, 6.07) is 0. The van der Waals surface area contributed by atoms with Crippen molar-refractivity contribution in [3.63, 3.8) is 0 Å². The van der Waals surface area contributed by atoms with Gasteiger partial charge in [0, 0.05) is 0 Å². The summed E-state index contributed by atoms with van der Waals surface area (Å²) in [5, 5.41) is 0. The van der Waals surface area contributed by atoms with Crippen LogP contribution < -0.4 is 0 Å². The van der Waals surface area contributed by atoms with Crippen molar-refractivity contribution in [1.82, 2.24) is 0 Å². The third kappa shape index (κ3) is 3.54. The van der Waals surface area contributed by atoms with Crippen molar-refractivity contribution < 1.29 is 4.74 Å². The predicted molar refractivity (Wildman–Crippen MR) is 84.2 cm³/mol. The van der Waals surface area contributed by atoms with E-state index in [9.17, 15) is 0 Å². The molecule has 1 saturated heterocycles. The van der Waals surface area contributed by atoms with E-state index >= 15 is 0 Å². The van der Waals surface area contributed by atoms with Gasteiger partial charge in [0.25, 0.3) is 0 Å². The fraction of sp³-hybridized carbons (Fsp3) is 1.00. The van der Waals surface area contributed by atoms with E-state index in [1.807, 2.05) is 0 Å². The third-order valence-electron chi connectivity index (χ3n) is 5.15. The molecule has 19 heavy (non-hydrogen) atoms. The standard InChI is InChI=1S/C18H36O/c1-10(2)15-14(9)19-18(13(7)8)17(12(5)6)16(15)11(3)4/h10-18H,1-9H3. The normalized spacial score (nSPS) is 36.8. The van der Waals surface area contributed by atoms with Crippen LogP contribution in [0.3, 0.4) is 0 Å². The molecule has 0 bridgehead atoms. The van der Waals surface area contributed by atoms with E-state index in [0.29, 0.717) is 41.8 Å². The van der Waals surface area contributed by atoms with Gasteiger partial charge < -0.3 is 4.74 Å². The maximum Gasteiger partial charge on any atom is 0.0635 e. The van der Waals surface area contributed by atoms with E-state index in [1.165, 1.54) is 0 Å². The molecule has 114 valence electrons. The number of ether oxygens (including phenoxy) is 1. The van der Waals surface area contributed by atoms with Gasteiger partial charge in [-0.25, -0.2) is 0 Å². The van der Waals surface area contributed by atoms with Crippen LogP contribution in [0.1, 0.15) is 62.3 Å². The van der Waals surface area contributed by atoms with E-state index in [-0.39, 0.29) is 0 Å². The predicted octanol–water partition coefficient (Wildman–Crippen LogP) is 5.25. The minimum atomic E-state index is 0.398. The lowest BCUT2D eigenvalue weighted by molar-refractivity contribution is -0.185. The summed E-state index contributed by atoms with van der Waals surface area (Å²) in [4.78, 5) is 0. The van der Waals surface area contributed by atoms with Crippen LogP contribution in [0.2, 0.25) is 0 Å². The minimum Gasteiger partial charge on any atom is -0.374 e. The molecule has 0 N–H and O–H groups in total. The van der Waals surface area contributed by atoms with Gasteiger partial charge in [0.1, 0.15) is 0 Å². The van der Waals surface area contributed by atoms with Crippen molar-refractivity contribution in [3.8, 4) is 0 Å². The highest BCUT2D eigenvalue weighted by Gasteiger charge is 2.47. The third-order valence-corrected chi connectivity index (χ3v) is 5.15. The Hall–Kier alpha value is -0.0400. The van der Waals surface area contributed by atoms with Gasteiger partial charge in [-0.1, -0.05) is 55.4 Å². The fourth-order valence-corrected chi connectivity index (χ4v) is 4.52. The highest BCUT2D eigenvalue weighted by molar-refractivity contribution is 4.94. The maximum atomic E-state index is 6.48. The molecule has 1 heterocycles. The molecule has 0 aromatic rings. The molecule has 1 fully saturated rings. The van der Waals surface area contributed by atoms with Gasteiger partial charge in [-0.05, 0) is 48.3 Å². The quantitative estimate of drug-likeness (QED) is 0.677. The van der Waals surface area contributed by atoms with Crippen molar-refractivity contribution >= 4 is 0 Å². The molecular weight excluding hydrogens is 232 g/mol. The summed E-state index contributed by atoms with van der Waals surface area (Å²) in [6.07, 6.45) is 0.826. The molecule has 0 amide bonds. The SMILES string of the molecule is CC(C)C1OC(C)C(C(C)C)C(C(C)C)C1C(C)C. The second kappa shape index (κ2) is 6.61. The van der Waals surface area contributed by atoms with Crippen LogP contribution in [0.5, 0.6) is 0 Å². The van der Waals surface area contributed by atoms with E-state index < -0.39 is 0 Å². The number of hydrogen-bond donors (Lipinski definition) is 0. The monoisotopic (exact) mass is 268 g/mol. The number of hydrogen-bond acceptors (Lipinski definition) is 1. The van der Waals surface area contributed by atoms with Crippen molar-refractivity contribution in [2.24, 2.45) is 41.4 Å². The number of rotatable bonds is 4. The van der Waals surface area contributed by atoms with Crippen molar-refractivity contribution in [2.75, 3.05) is 0 Å². The van der Waals surface area contributed by atoms with Gasteiger partial charge in [0.05, 0.1) is 12.2 Å². The Morgan fingerprint density at radius 2 is 1.00 bits per heavy atom. The largest absolute Gasteiger partial charge is 0.374 e. The average molecular weight is 268 g/mol. The highest BCUT2D eigenvalue weighted by atomic mass is 16.5. The van der Waals surface area contributed by atoms with Gasteiger partial charge in [0.2, 0.25) is 0 Å². The van der Waals surface area contributed by atoms with Gasteiger partial charge in [-0.15, -0.1) is 0 Å². The Morgan fingerprint density at radius 1 is 0.579 bits per heavy atom. The lowest BCUT2D eigenvalue weighted by Crippen LogP contribution is -2.53. The lowest BCUT2D eigenvalue weighted by atomic mass is 9.61. The molecule has 5 atom stereocenters. The topological polar surface area (TPSA) is 9.23 Å². The first kappa shape index (κ1) is 17.0. The summed E-state index contributed by atoms with van der Waals surface area (Å²) in [5.74, 6) is 4.95. The Balaban J connectivity index is 3.15. The first-order chi connectivity index (χ1) is 8.68. The second-order valence-electron chi connectivity index (χ2n) is 8.01. The van der Waals surface area contributed by atoms with Crippen LogP contribution in [-0.4, -0.2) is 12.2 Å². The molecule has 1 heteroatoms. The van der Waals surface area contributed by atoms with Crippen molar-refractivity contribution in [2.45, 2.75) is 74.5 Å². The zero-order chi connectivity index (χ0) is 14.9. The maximum absolute atomic E-state index is 6.48. The molecular formula is C18H36O. The molecule has 1 rings (SSSR count). The minimum absolute atomic E-state index is 0.398. The van der Waals surface area contributed by atoms with E-state index in [4.69, 9.17) is 4.74 Å². The summed E-state index contributed by atoms with van der Waals surface area (Å²) >= 11 is 0. The van der Waals surface area contributed by atoms with Gasteiger partial charge in [0.15, 0.2) is 0 Å². The van der Waals surface area contributed by atoms with Crippen LogP contribution in [0.15, 0.2) is 0 Å². The smallest absolute Gasteiger partial charge is 0.0635 e. The molecule has 0 saturated carbocycles. The first-order valence-electron chi connectivity index (χ1n) is 8.33. The molecule has 1 aliphatic rings. The van der Waals surface area contributed by atoms with E-state index in [2.05, 4.69) is 62.3 Å². The van der Waals surface area contributed by atoms with Gasteiger partial charge in [-0.2, -0.15) is 0 Å². The van der Waals surface area contributed by atoms with Crippen LogP contribution in [0.4, 0.5) is 0 Å². The zero-order valence-corrected chi connectivity index (χ0v) is 14.6. The molecule has 5 unspecified atom stereocenters. The van der Waals surface area contributed by atoms with Crippen LogP contribution >= 0.6 is 0 Å². The van der Waals surface area contributed by atoms with Crippen molar-refractivity contribution in [3.05, 3.63) is 0 Å². The lowest BCUT2D eigenvalue weighted by Gasteiger charge is -2.52. The van der Waals surface area contributed by atoms with E-state index in [1.54, 1.807) is 0 Å². The van der Waals surface area contributed by atoms with Crippen LogP contribution in [0, 0.1) is 41.4 Å². The Kier molecular flexibility index (Phi) is 5.92. The Morgan fingerprint density at radius 3 is 1.32 bits per heavy atom. The summed E-state index contributed by atoms with van der Waals surface area (Å²) in [5.41, 5.74) is 0. The molecule has 0 aromatic heterocycles. The molecule has 0 aromatic carbocycles. The van der Waals surface area contributed by atoms with Gasteiger partial charge in [-0.3, -0.25) is 0 Å². The molecule has 0 spiro atoms. The Bertz CT molecular complexity index is 267. The fourth-order valence-electron chi connectivity index (χ4n) is 4.52. The second-order valence-corrected chi connectivity index (χ2v) is 8.01. The first-order valence-corrected chi connectivity index (χ1v) is 8.33. The van der Waals surface area contributed by atoms with Crippen LogP contribution in [0.25, 0.3) is 0 Å². The Labute approximate surface area is 121 Å². The molecule has 0 aliphatic carbocycles. The summed E-state index contributed by atoms with van der Waals surface area (Å²) < 4.78 is 6.48.